The molecule has 2 rings (SSSR count). The first kappa shape index (κ1) is 14.4. The summed E-state index contributed by atoms with van der Waals surface area (Å²) in [4.78, 5) is -0.566. The maximum absolute atomic E-state index is 13.7. The maximum Gasteiger partial charge on any atom is 0.264 e. The van der Waals surface area contributed by atoms with Crippen molar-refractivity contribution in [1.29, 1.82) is 0 Å². The molecule has 0 aliphatic heterocycles. The number of para-hydroxylation sites is 1. The summed E-state index contributed by atoms with van der Waals surface area (Å²) in [6.45, 7) is 0.0719. The fraction of sp³-hybridized carbons (Fsp3) is 0.0769. The topological polar surface area (TPSA) is 72.2 Å². The van der Waals surface area contributed by atoms with Crippen LogP contribution in [0, 0.1) is 11.6 Å². The first-order valence-electron chi connectivity index (χ1n) is 5.70. The van der Waals surface area contributed by atoms with Crippen molar-refractivity contribution in [2.75, 3.05) is 4.72 Å². The van der Waals surface area contributed by atoms with Crippen molar-refractivity contribution in [3.8, 4) is 0 Å². The minimum Gasteiger partial charge on any atom is -0.326 e. The Morgan fingerprint density at radius 2 is 1.75 bits per heavy atom. The lowest BCUT2D eigenvalue weighted by atomic mass is 10.2. The number of nitrogens with two attached hydrogens (primary N) is 1. The molecule has 3 N–H and O–H groups in total. The van der Waals surface area contributed by atoms with Crippen LogP contribution in [0.15, 0.2) is 47.4 Å². The van der Waals surface area contributed by atoms with Gasteiger partial charge in [0.2, 0.25) is 0 Å². The second-order valence-electron chi connectivity index (χ2n) is 4.05. The van der Waals surface area contributed by atoms with Crippen LogP contribution in [-0.2, 0) is 16.6 Å². The van der Waals surface area contributed by atoms with E-state index in [-0.39, 0.29) is 12.2 Å². The number of anilines is 1. The Bertz CT molecular complexity index is 733. The van der Waals surface area contributed by atoms with Gasteiger partial charge in [-0.05, 0) is 29.8 Å². The van der Waals surface area contributed by atoms with Crippen molar-refractivity contribution in [1.82, 2.24) is 0 Å². The van der Waals surface area contributed by atoms with E-state index in [4.69, 9.17) is 5.73 Å². The molecule has 0 atom stereocenters. The van der Waals surface area contributed by atoms with E-state index in [0.29, 0.717) is 5.56 Å². The molecule has 0 amide bonds. The molecule has 0 bridgehead atoms. The first-order valence-corrected chi connectivity index (χ1v) is 7.18. The minimum absolute atomic E-state index is 0.0719. The second-order valence-corrected chi connectivity index (χ2v) is 5.71. The zero-order chi connectivity index (χ0) is 14.8. The van der Waals surface area contributed by atoms with Gasteiger partial charge in [-0.15, -0.1) is 0 Å². The van der Waals surface area contributed by atoms with Crippen LogP contribution in [0.5, 0.6) is 0 Å². The summed E-state index contributed by atoms with van der Waals surface area (Å²) in [5.74, 6) is -1.67. The van der Waals surface area contributed by atoms with Crippen LogP contribution in [-0.4, -0.2) is 8.42 Å². The predicted octanol–water partition coefficient (Wildman–Crippen LogP) is 2.22. The molecule has 0 saturated carbocycles. The highest BCUT2D eigenvalue weighted by Crippen LogP contribution is 2.21. The highest BCUT2D eigenvalue weighted by Gasteiger charge is 2.20. The SMILES string of the molecule is NCc1ccc(F)c(S(=O)(=O)Nc2ccccc2F)c1. The van der Waals surface area contributed by atoms with Crippen molar-refractivity contribution >= 4 is 15.7 Å². The molecule has 7 heteroatoms. The van der Waals surface area contributed by atoms with Gasteiger partial charge in [-0.2, -0.15) is 0 Å². The Morgan fingerprint density at radius 1 is 1.05 bits per heavy atom. The van der Waals surface area contributed by atoms with Gasteiger partial charge in [0.1, 0.15) is 16.5 Å². The van der Waals surface area contributed by atoms with Gasteiger partial charge in [-0.25, -0.2) is 17.2 Å². The molecule has 0 aliphatic rings. The standard InChI is InChI=1S/C13H12F2N2O2S/c14-10-3-1-2-4-12(10)17-20(18,19)13-7-9(8-16)5-6-11(13)15/h1-7,17H,8,16H2. The summed E-state index contributed by atoms with van der Waals surface area (Å²) >= 11 is 0. The largest absolute Gasteiger partial charge is 0.326 e. The summed E-state index contributed by atoms with van der Waals surface area (Å²) < 4.78 is 53.3. The second kappa shape index (κ2) is 5.56. The molecule has 0 aromatic heterocycles. The molecule has 106 valence electrons. The summed E-state index contributed by atoms with van der Waals surface area (Å²) in [7, 11) is -4.22. The zero-order valence-electron chi connectivity index (χ0n) is 10.3. The highest BCUT2D eigenvalue weighted by molar-refractivity contribution is 7.92. The van der Waals surface area contributed by atoms with Crippen molar-refractivity contribution < 1.29 is 17.2 Å². The van der Waals surface area contributed by atoms with E-state index in [1.807, 2.05) is 4.72 Å². The van der Waals surface area contributed by atoms with Gasteiger partial charge in [-0.1, -0.05) is 18.2 Å². The third kappa shape index (κ3) is 2.94. The Hall–Kier alpha value is -1.99. The fourth-order valence-electron chi connectivity index (χ4n) is 1.62. The minimum atomic E-state index is -4.22. The molecule has 0 saturated heterocycles. The number of benzene rings is 2. The molecule has 4 nitrogen and oxygen atoms in total. The van der Waals surface area contributed by atoms with Gasteiger partial charge < -0.3 is 5.73 Å². The number of hydrogen-bond acceptors (Lipinski definition) is 3. The monoisotopic (exact) mass is 298 g/mol. The number of nitrogens with one attached hydrogen (secondary N) is 1. The quantitative estimate of drug-likeness (QED) is 0.909. The maximum atomic E-state index is 13.7. The van der Waals surface area contributed by atoms with Gasteiger partial charge in [0, 0.05) is 6.54 Å². The van der Waals surface area contributed by atoms with E-state index >= 15 is 0 Å². The number of sulfonamides is 1. The van der Waals surface area contributed by atoms with Crippen molar-refractivity contribution in [3.05, 3.63) is 59.7 Å². The lowest BCUT2D eigenvalue weighted by Crippen LogP contribution is -2.16. The molecule has 20 heavy (non-hydrogen) atoms. The summed E-state index contributed by atoms with van der Waals surface area (Å²) in [6.07, 6.45) is 0. The van der Waals surface area contributed by atoms with Gasteiger partial charge in [0.15, 0.2) is 0 Å². The summed E-state index contributed by atoms with van der Waals surface area (Å²) in [5.41, 5.74) is 5.60. The predicted molar refractivity (Wildman–Crippen MR) is 71.5 cm³/mol. The average Bonchev–Trinajstić information content (AvgIpc) is 2.41. The lowest BCUT2D eigenvalue weighted by Gasteiger charge is -2.10. The summed E-state index contributed by atoms with van der Waals surface area (Å²) in [6, 6.07) is 8.76. The molecular formula is C13H12F2N2O2S. The highest BCUT2D eigenvalue weighted by atomic mass is 32.2. The van der Waals surface area contributed by atoms with E-state index in [0.717, 1.165) is 18.2 Å². The van der Waals surface area contributed by atoms with E-state index < -0.39 is 26.6 Å². The van der Waals surface area contributed by atoms with Crippen molar-refractivity contribution in [2.45, 2.75) is 11.4 Å². The van der Waals surface area contributed by atoms with Crippen LogP contribution in [0.2, 0.25) is 0 Å². The molecule has 0 heterocycles. The lowest BCUT2D eigenvalue weighted by molar-refractivity contribution is 0.568. The number of hydrogen-bond donors (Lipinski definition) is 2. The fourth-order valence-corrected chi connectivity index (χ4v) is 2.82. The Balaban J connectivity index is 2.43. The third-order valence-electron chi connectivity index (χ3n) is 2.64. The Kier molecular flexibility index (Phi) is 4.01. The van der Waals surface area contributed by atoms with Gasteiger partial charge in [-0.3, -0.25) is 4.72 Å². The van der Waals surface area contributed by atoms with Crippen LogP contribution in [0.4, 0.5) is 14.5 Å². The average molecular weight is 298 g/mol. The first-order chi connectivity index (χ1) is 9.44. The van der Waals surface area contributed by atoms with Crippen LogP contribution in [0.1, 0.15) is 5.56 Å². The van der Waals surface area contributed by atoms with E-state index in [1.54, 1.807) is 0 Å². The molecule has 2 aromatic carbocycles. The molecule has 0 aliphatic carbocycles. The number of rotatable bonds is 4. The molecule has 2 aromatic rings. The summed E-state index contributed by atoms with van der Waals surface area (Å²) in [5, 5.41) is 0. The molecular weight excluding hydrogens is 286 g/mol. The molecule has 0 spiro atoms. The van der Waals surface area contributed by atoms with Crippen LogP contribution in [0.3, 0.4) is 0 Å². The van der Waals surface area contributed by atoms with Crippen LogP contribution < -0.4 is 10.5 Å². The van der Waals surface area contributed by atoms with E-state index in [9.17, 15) is 17.2 Å². The van der Waals surface area contributed by atoms with Crippen LogP contribution in [0.25, 0.3) is 0 Å². The smallest absolute Gasteiger partial charge is 0.264 e. The molecule has 0 fully saturated rings. The molecule has 0 unspecified atom stereocenters. The van der Waals surface area contributed by atoms with E-state index in [1.165, 1.54) is 24.3 Å². The van der Waals surface area contributed by atoms with Gasteiger partial charge in [0.25, 0.3) is 10.0 Å². The third-order valence-corrected chi connectivity index (χ3v) is 4.02. The zero-order valence-corrected chi connectivity index (χ0v) is 11.1. The normalized spacial score (nSPS) is 11.3. The van der Waals surface area contributed by atoms with Gasteiger partial charge in [0.05, 0.1) is 5.69 Å². The van der Waals surface area contributed by atoms with E-state index in [2.05, 4.69) is 0 Å². The van der Waals surface area contributed by atoms with Crippen molar-refractivity contribution in [2.24, 2.45) is 5.73 Å². The van der Waals surface area contributed by atoms with Crippen molar-refractivity contribution in [3.63, 3.8) is 0 Å². The Morgan fingerprint density at radius 3 is 2.40 bits per heavy atom. The molecule has 0 radical (unpaired) electrons. The Labute approximate surface area is 115 Å². The number of halogens is 2. The van der Waals surface area contributed by atoms with Gasteiger partial charge >= 0.3 is 0 Å². The van der Waals surface area contributed by atoms with Crippen LogP contribution >= 0.6 is 0 Å².